The molecular weight excluding hydrogens is 318 g/mol. The first-order valence-electron chi connectivity index (χ1n) is 6.89. The number of nitrogens with one attached hydrogen (secondary N) is 1. The van der Waals surface area contributed by atoms with Crippen LogP contribution in [-0.4, -0.2) is 26.5 Å². The maximum atomic E-state index is 4.16. The van der Waals surface area contributed by atoms with Crippen molar-refractivity contribution < 1.29 is 0 Å². The number of halogens is 1. The van der Waals surface area contributed by atoms with Crippen molar-refractivity contribution >= 4 is 15.9 Å². The van der Waals surface area contributed by atoms with Crippen molar-refractivity contribution in [1.82, 2.24) is 25.3 Å². The minimum absolute atomic E-state index is 0.240. The van der Waals surface area contributed by atoms with E-state index in [1.807, 2.05) is 24.0 Å². The van der Waals surface area contributed by atoms with Crippen molar-refractivity contribution in [2.45, 2.75) is 32.2 Å². The van der Waals surface area contributed by atoms with Crippen molar-refractivity contribution in [2.24, 2.45) is 7.05 Å². The van der Waals surface area contributed by atoms with Gasteiger partial charge < -0.3 is 5.32 Å². The van der Waals surface area contributed by atoms with Gasteiger partial charge in [0.2, 0.25) is 0 Å². The smallest absolute Gasteiger partial charge is 0.153 e. The van der Waals surface area contributed by atoms with Gasteiger partial charge in [-0.25, -0.2) is 4.68 Å². The summed E-state index contributed by atoms with van der Waals surface area (Å²) in [7, 11) is 1.93. The zero-order valence-electron chi connectivity index (χ0n) is 11.9. The summed E-state index contributed by atoms with van der Waals surface area (Å²) in [5.74, 6) is 0. The molecule has 1 N–H and O–H groups in total. The van der Waals surface area contributed by atoms with Gasteiger partial charge in [0.15, 0.2) is 4.60 Å². The van der Waals surface area contributed by atoms with Crippen molar-refractivity contribution in [1.29, 1.82) is 0 Å². The second kappa shape index (κ2) is 7.50. The molecule has 0 aliphatic rings. The molecule has 5 nitrogen and oxygen atoms in total. The van der Waals surface area contributed by atoms with Crippen LogP contribution >= 0.6 is 15.9 Å². The Morgan fingerprint density at radius 1 is 1.45 bits per heavy atom. The largest absolute Gasteiger partial charge is 0.309 e. The van der Waals surface area contributed by atoms with Crippen LogP contribution in [0.5, 0.6) is 0 Å². The fraction of sp³-hybridized carbons (Fsp3) is 0.500. The standard InChI is InChI=1S/C14H20BrN5/c1-3-8-17-12(13-14(15)18-19-20(13)2)7-6-11-5-4-9-16-10-11/h4-5,9-10,12,17H,3,6-8H2,1-2H3. The number of aryl methyl sites for hydroxylation is 2. The summed E-state index contributed by atoms with van der Waals surface area (Å²) < 4.78 is 2.65. The highest BCUT2D eigenvalue weighted by atomic mass is 79.9. The lowest BCUT2D eigenvalue weighted by Crippen LogP contribution is -2.25. The minimum atomic E-state index is 0.240. The predicted octanol–water partition coefficient (Wildman–Crippen LogP) is 2.65. The predicted molar refractivity (Wildman–Crippen MR) is 82.3 cm³/mol. The summed E-state index contributed by atoms with van der Waals surface area (Å²) in [5, 5.41) is 11.7. The number of hydrogen-bond acceptors (Lipinski definition) is 4. The maximum absolute atomic E-state index is 4.16. The average Bonchev–Trinajstić information content (AvgIpc) is 2.80. The monoisotopic (exact) mass is 337 g/mol. The summed E-state index contributed by atoms with van der Waals surface area (Å²) in [6, 6.07) is 4.33. The summed E-state index contributed by atoms with van der Waals surface area (Å²) in [6.07, 6.45) is 6.80. The second-order valence-electron chi connectivity index (χ2n) is 4.80. The van der Waals surface area contributed by atoms with Gasteiger partial charge in [0.05, 0.1) is 11.7 Å². The third-order valence-electron chi connectivity index (χ3n) is 3.24. The average molecular weight is 338 g/mol. The summed E-state index contributed by atoms with van der Waals surface area (Å²) in [5.41, 5.74) is 2.35. The van der Waals surface area contributed by atoms with Crippen molar-refractivity contribution in [3.63, 3.8) is 0 Å². The molecule has 0 radical (unpaired) electrons. The molecule has 20 heavy (non-hydrogen) atoms. The molecule has 0 spiro atoms. The van der Waals surface area contributed by atoms with E-state index in [0.29, 0.717) is 0 Å². The number of hydrogen-bond donors (Lipinski definition) is 1. The van der Waals surface area contributed by atoms with Crippen molar-refractivity contribution in [3.05, 3.63) is 40.4 Å². The van der Waals surface area contributed by atoms with Gasteiger partial charge in [-0.15, -0.1) is 5.10 Å². The molecule has 6 heteroatoms. The highest BCUT2D eigenvalue weighted by Crippen LogP contribution is 2.24. The van der Waals surface area contributed by atoms with Crippen LogP contribution in [0.25, 0.3) is 0 Å². The first-order chi connectivity index (χ1) is 9.72. The zero-order chi connectivity index (χ0) is 14.4. The third kappa shape index (κ3) is 3.86. The van der Waals surface area contributed by atoms with Crippen LogP contribution in [0, 0.1) is 0 Å². The van der Waals surface area contributed by atoms with Gasteiger partial charge >= 0.3 is 0 Å². The molecule has 2 rings (SSSR count). The molecule has 2 aromatic heterocycles. The molecule has 1 unspecified atom stereocenters. The molecule has 0 amide bonds. The Morgan fingerprint density at radius 3 is 2.90 bits per heavy atom. The molecule has 0 aliphatic carbocycles. The van der Waals surface area contributed by atoms with Crippen LogP contribution in [0.1, 0.15) is 37.1 Å². The Morgan fingerprint density at radius 2 is 2.30 bits per heavy atom. The van der Waals surface area contributed by atoms with Crippen LogP contribution in [-0.2, 0) is 13.5 Å². The van der Waals surface area contributed by atoms with Gasteiger partial charge in [-0.2, -0.15) is 0 Å². The lowest BCUT2D eigenvalue weighted by Gasteiger charge is -2.18. The normalized spacial score (nSPS) is 12.6. The molecule has 0 bridgehead atoms. The van der Waals surface area contributed by atoms with Crippen LogP contribution in [0.3, 0.4) is 0 Å². The molecule has 0 saturated carbocycles. The first kappa shape index (κ1) is 15.1. The lowest BCUT2D eigenvalue weighted by molar-refractivity contribution is 0.466. The number of nitrogens with zero attached hydrogens (tertiary/aromatic N) is 4. The Bertz CT molecular complexity index is 506. The molecule has 108 valence electrons. The van der Waals surface area contributed by atoms with Gasteiger partial charge in [0, 0.05) is 19.4 Å². The number of rotatable bonds is 7. The van der Waals surface area contributed by atoms with Crippen molar-refractivity contribution in [2.75, 3.05) is 6.54 Å². The molecule has 0 aliphatic heterocycles. The minimum Gasteiger partial charge on any atom is -0.309 e. The lowest BCUT2D eigenvalue weighted by atomic mass is 10.0. The van der Waals surface area contributed by atoms with Gasteiger partial charge in [-0.05, 0) is 53.4 Å². The number of aromatic nitrogens is 4. The Balaban J connectivity index is 2.08. The molecular formula is C14H20BrN5. The van der Waals surface area contributed by atoms with E-state index >= 15 is 0 Å². The summed E-state index contributed by atoms with van der Waals surface area (Å²) in [6.45, 7) is 3.15. The van der Waals surface area contributed by atoms with E-state index in [4.69, 9.17) is 0 Å². The quantitative estimate of drug-likeness (QED) is 0.843. The molecule has 0 fully saturated rings. The van der Waals surface area contributed by atoms with Crippen LogP contribution in [0.2, 0.25) is 0 Å². The van der Waals surface area contributed by atoms with E-state index in [0.717, 1.165) is 36.1 Å². The fourth-order valence-electron chi connectivity index (χ4n) is 2.22. The van der Waals surface area contributed by atoms with Crippen LogP contribution in [0.4, 0.5) is 0 Å². The Labute approximate surface area is 127 Å². The molecule has 0 saturated heterocycles. The van der Waals surface area contributed by atoms with E-state index < -0.39 is 0 Å². The Hall–Kier alpha value is -1.27. The molecule has 1 atom stereocenters. The summed E-state index contributed by atoms with van der Waals surface area (Å²) in [4.78, 5) is 4.16. The highest BCUT2D eigenvalue weighted by molar-refractivity contribution is 9.10. The van der Waals surface area contributed by atoms with Crippen LogP contribution in [0.15, 0.2) is 29.1 Å². The van der Waals surface area contributed by atoms with Gasteiger partial charge in [0.25, 0.3) is 0 Å². The zero-order valence-corrected chi connectivity index (χ0v) is 13.5. The maximum Gasteiger partial charge on any atom is 0.153 e. The van der Waals surface area contributed by atoms with Crippen molar-refractivity contribution in [3.8, 4) is 0 Å². The molecule has 2 heterocycles. The fourth-order valence-corrected chi connectivity index (χ4v) is 2.82. The SMILES string of the molecule is CCCNC(CCc1cccnc1)c1c(Br)nnn1C. The highest BCUT2D eigenvalue weighted by Gasteiger charge is 2.19. The second-order valence-corrected chi connectivity index (χ2v) is 5.55. The topological polar surface area (TPSA) is 55.6 Å². The molecule has 0 aromatic carbocycles. The van der Waals surface area contributed by atoms with Gasteiger partial charge in [0.1, 0.15) is 0 Å². The van der Waals surface area contributed by atoms with E-state index in [2.05, 4.69) is 49.5 Å². The number of pyridine rings is 1. The van der Waals surface area contributed by atoms with E-state index in [9.17, 15) is 0 Å². The molecule has 2 aromatic rings. The van der Waals surface area contributed by atoms with E-state index in [1.165, 1.54) is 5.56 Å². The third-order valence-corrected chi connectivity index (χ3v) is 3.81. The summed E-state index contributed by atoms with van der Waals surface area (Å²) >= 11 is 3.49. The first-order valence-corrected chi connectivity index (χ1v) is 7.69. The van der Waals surface area contributed by atoms with Gasteiger partial charge in [-0.1, -0.05) is 18.2 Å². The van der Waals surface area contributed by atoms with E-state index in [-0.39, 0.29) is 6.04 Å². The van der Waals surface area contributed by atoms with Crippen LogP contribution < -0.4 is 5.32 Å². The van der Waals surface area contributed by atoms with Gasteiger partial charge in [-0.3, -0.25) is 4.98 Å². The van der Waals surface area contributed by atoms with E-state index in [1.54, 1.807) is 6.20 Å². The Kier molecular flexibility index (Phi) is 5.67.